The SMILES string of the molecule is O=C(NCC1COC2(CCCCC2)O1)C(=O)NC1CC1. The van der Waals surface area contributed by atoms with E-state index >= 15 is 0 Å². The molecule has 6 heteroatoms. The summed E-state index contributed by atoms with van der Waals surface area (Å²) in [6, 6.07) is 0.199. The Kier molecular flexibility index (Phi) is 3.94. The van der Waals surface area contributed by atoms with E-state index < -0.39 is 17.6 Å². The minimum atomic E-state index is -0.579. The second-order valence-corrected chi connectivity index (χ2v) is 5.98. The molecular weight excluding hydrogens is 260 g/mol. The predicted molar refractivity (Wildman–Crippen MR) is 70.8 cm³/mol. The maximum atomic E-state index is 11.6. The van der Waals surface area contributed by atoms with Crippen molar-refractivity contribution in [1.82, 2.24) is 10.6 Å². The van der Waals surface area contributed by atoms with E-state index in [9.17, 15) is 9.59 Å². The van der Waals surface area contributed by atoms with Gasteiger partial charge in [-0.2, -0.15) is 0 Å². The van der Waals surface area contributed by atoms with Crippen LogP contribution in [0.2, 0.25) is 0 Å². The Morgan fingerprint density at radius 2 is 1.85 bits per heavy atom. The Labute approximate surface area is 118 Å². The average Bonchev–Trinajstić information content (AvgIpc) is 3.19. The van der Waals surface area contributed by atoms with Crippen molar-refractivity contribution in [1.29, 1.82) is 0 Å². The van der Waals surface area contributed by atoms with Gasteiger partial charge in [-0.25, -0.2) is 0 Å². The van der Waals surface area contributed by atoms with Crippen molar-refractivity contribution in [2.24, 2.45) is 0 Å². The normalized spacial score (nSPS) is 28.3. The number of rotatable bonds is 3. The molecule has 3 rings (SSSR count). The maximum Gasteiger partial charge on any atom is 0.309 e. The summed E-state index contributed by atoms with van der Waals surface area (Å²) in [5.74, 6) is -1.55. The summed E-state index contributed by atoms with van der Waals surface area (Å²) >= 11 is 0. The molecule has 1 spiro atoms. The number of carbonyl (C=O) groups is 2. The van der Waals surface area contributed by atoms with Gasteiger partial charge in [0.25, 0.3) is 0 Å². The van der Waals surface area contributed by atoms with Gasteiger partial charge in [-0.1, -0.05) is 6.42 Å². The van der Waals surface area contributed by atoms with E-state index in [1.807, 2.05) is 0 Å². The van der Waals surface area contributed by atoms with Crippen LogP contribution in [0.5, 0.6) is 0 Å². The van der Waals surface area contributed by atoms with Crippen LogP contribution in [0.15, 0.2) is 0 Å². The number of hydrogen-bond acceptors (Lipinski definition) is 4. The van der Waals surface area contributed by atoms with Gasteiger partial charge in [0.15, 0.2) is 5.79 Å². The van der Waals surface area contributed by atoms with Crippen LogP contribution in [0.1, 0.15) is 44.9 Å². The summed E-state index contributed by atoms with van der Waals surface area (Å²) in [6.07, 6.45) is 7.15. The molecule has 1 saturated heterocycles. The predicted octanol–water partition coefficient (Wildman–Crippen LogP) is 0.457. The molecule has 3 fully saturated rings. The van der Waals surface area contributed by atoms with Crippen molar-refractivity contribution in [2.75, 3.05) is 13.2 Å². The minimum Gasteiger partial charge on any atom is -0.347 e. The molecule has 1 heterocycles. The molecule has 6 nitrogen and oxygen atoms in total. The molecule has 1 unspecified atom stereocenters. The van der Waals surface area contributed by atoms with Gasteiger partial charge < -0.3 is 20.1 Å². The number of ether oxygens (including phenoxy) is 2. The Morgan fingerprint density at radius 1 is 1.10 bits per heavy atom. The molecule has 2 N–H and O–H groups in total. The first-order valence-electron chi connectivity index (χ1n) is 7.57. The molecule has 2 saturated carbocycles. The number of amides is 2. The van der Waals surface area contributed by atoms with E-state index in [1.165, 1.54) is 6.42 Å². The summed E-state index contributed by atoms with van der Waals surface area (Å²) < 4.78 is 11.7. The van der Waals surface area contributed by atoms with Crippen LogP contribution in [0.25, 0.3) is 0 Å². The van der Waals surface area contributed by atoms with Crippen molar-refractivity contribution in [3.05, 3.63) is 0 Å². The van der Waals surface area contributed by atoms with E-state index in [1.54, 1.807) is 0 Å². The third kappa shape index (κ3) is 3.30. The lowest BCUT2D eigenvalue weighted by atomic mass is 9.94. The largest absolute Gasteiger partial charge is 0.347 e. The molecule has 3 aliphatic rings. The molecule has 0 radical (unpaired) electrons. The van der Waals surface area contributed by atoms with Crippen LogP contribution >= 0.6 is 0 Å². The van der Waals surface area contributed by atoms with Crippen LogP contribution in [-0.4, -0.2) is 42.9 Å². The van der Waals surface area contributed by atoms with Gasteiger partial charge in [-0.15, -0.1) is 0 Å². The van der Waals surface area contributed by atoms with Crippen molar-refractivity contribution >= 4 is 11.8 Å². The summed E-state index contributed by atoms with van der Waals surface area (Å²) in [7, 11) is 0. The van der Waals surface area contributed by atoms with Gasteiger partial charge >= 0.3 is 11.8 Å². The highest BCUT2D eigenvalue weighted by atomic mass is 16.7. The molecule has 2 amide bonds. The lowest BCUT2D eigenvalue weighted by Crippen LogP contribution is -2.44. The van der Waals surface area contributed by atoms with Crippen LogP contribution in [0, 0.1) is 0 Å². The highest BCUT2D eigenvalue weighted by Gasteiger charge is 2.42. The van der Waals surface area contributed by atoms with Crippen molar-refractivity contribution in [3.63, 3.8) is 0 Å². The van der Waals surface area contributed by atoms with Gasteiger partial charge in [0.2, 0.25) is 0 Å². The van der Waals surface area contributed by atoms with Gasteiger partial charge in [0, 0.05) is 25.4 Å². The van der Waals surface area contributed by atoms with Gasteiger partial charge in [0.1, 0.15) is 6.10 Å². The first kappa shape index (κ1) is 13.8. The Hall–Kier alpha value is -1.14. The maximum absolute atomic E-state index is 11.6. The third-order valence-corrected chi connectivity index (χ3v) is 4.14. The number of carbonyl (C=O) groups excluding carboxylic acids is 2. The molecule has 20 heavy (non-hydrogen) atoms. The fraction of sp³-hybridized carbons (Fsp3) is 0.857. The molecule has 2 aliphatic carbocycles. The second-order valence-electron chi connectivity index (χ2n) is 5.98. The Bertz CT molecular complexity index is 389. The minimum absolute atomic E-state index is 0.147. The van der Waals surface area contributed by atoms with Crippen LogP contribution in [0.3, 0.4) is 0 Å². The topological polar surface area (TPSA) is 76.7 Å². The standard InChI is InChI=1S/C14H22N2O4/c17-12(13(18)16-10-4-5-10)15-8-11-9-19-14(20-11)6-2-1-3-7-14/h10-11H,1-9H2,(H,15,17)(H,16,18). The van der Waals surface area contributed by atoms with E-state index in [2.05, 4.69) is 10.6 Å². The fourth-order valence-electron chi connectivity index (χ4n) is 2.84. The highest BCUT2D eigenvalue weighted by molar-refractivity contribution is 6.35. The summed E-state index contributed by atoms with van der Waals surface area (Å²) in [6.45, 7) is 0.823. The molecule has 0 bridgehead atoms. The first-order chi connectivity index (χ1) is 9.67. The third-order valence-electron chi connectivity index (χ3n) is 4.14. The zero-order valence-corrected chi connectivity index (χ0v) is 11.7. The zero-order valence-electron chi connectivity index (χ0n) is 11.7. The van der Waals surface area contributed by atoms with Gasteiger partial charge in [-0.05, 0) is 25.7 Å². The summed E-state index contributed by atoms with van der Waals surface area (Å²) in [4.78, 5) is 23.1. The van der Waals surface area contributed by atoms with Crippen LogP contribution in [-0.2, 0) is 19.1 Å². The lowest BCUT2D eigenvalue weighted by Gasteiger charge is -2.31. The lowest BCUT2D eigenvalue weighted by molar-refractivity contribution is -0.186. The van der Waals surface area contributed by atoms with E-state index in [-0.39, 0.29) is 12.1 Å². The van der Waals surface area contributed by atoms with Gasteiger partial charge in [0.05, 0.1) is 6.61 Å². The molecule has 1 aliphatic heterocycles. The molecule has 0 aromatic heterocycles. The van der Waals surface area contributed by atoms with Crippen molar-refractivity contribution < 1.29 is 19.1 Å². The fourth-order valence-corrected chi connectivity index (χ4v) is 2.84. The van der Waals surface area contributed by atoms with Crippen molar-refractivity contribution in [2.45, 2.75) is 62.9 Å². The van der Waals surface area contributed by atoms with Crippen LogP contribution in [0.4, 0.5) is 0 Å². The second kappa shape index (κ2) is 5.69. The van der Waals surface area contributed by atoms with E-state index in [0.29, 0.717) is 13.2 Å². The average molecular weight is 282 g/mol. The molecule has 0 aromatic carbocycles. The Balaban J connectivity index is 1.40. The van der Waals surface area contributed by atoms with Crippen LogP contribution < -0.4 is 10.6 Å². The molecular formula is C14H22N2O4. The smallest absolute Gasteiger partial charge is 0.309 e. The highest BCUT2D eigenvalue weighted by Crippen LogP contribution is 2.37. The zero-order chi connectivity index (χ0) is 14.0. The molecule has 112 valence electrons. The molecule has 0 aromatic rings. The van der Waals surface area contributed by atoms with Gasteiger partial charge in [-0.3, -0.25) is 9.59 Å². The number of nitrogens with one attached hydrogen (secondary N) is 2. The van der Waals surface area contributed by atoms with E-state index in [4.69, 9.17) is 9.47 Å². The number of hydrogen-bond donors (Lipinski definition) is 2. The monoisotopic (exact) mass is 282 g/mol. The first-order valence-corrected chi connectivity index (χ1v) is 7.57. The molecule has 1 atom stereocenters. The van der Waals surface area contributed by atoms with E-state index in [0.717, 1.165) is 38.5 Å². The summed E-state index contributed by atoms with van der Waals surface area (Å²) in [5, 5.41) is 5.29. The van der Waals surface area contributed by atoms with Crippen molar-refractivity contribution in [3.8, 4) is 0 Å². The summed E-state index contributed by atoms with van der Waals surface area (Å²) in [5.41, 5.74) is 0. The quantitative estimate of drug-likeness (QED) is 0.737. The Morgan fingerprint density at radius 3 is 2.55 bits per heavy atom.